The van der Waals surface area contributed by atoms with Gasteiger partial charge in [-0.05, 0) is 23.6 Å². The first-order valence-electron chi connectivity index (χ1n) is 8.37. The smallest absolute Gasteiger partial charge is 0.236 e. The van der Waals surface area contributed by atoms with E-state index in [1.807, 2.05) is 35.7 Å². The summed E-state index contributed by atoms with van der Waals surface area (Å²) in [7, 11) is 4.99. The summed E-state index contributed by atoms with van der Waals surface area (Å²) in [5.74, 6) is 2.81. The first-order valence-corrected chi connectivity index (χ1v) is 9.25. The molecule has 0 saturated heterocycles. The second-order valence-electron chi connectivity index (χ2n) is 5.58. The van der Waals surface area contributed by atoms with Crippen molar-refractivity contribution in [2.45, 2.75) is 13.1 Å². The Morgan fingerprint density at radius 1 is 1.19 bits per heavy atom. The Hall–Kier alpha value is -3.00. The molecule has 3 rings (SSSR count). The van der Waals surface area contributed by atoms with E-state index >= 15 is 0 Å². The number of hydrogen-bond acceptors (Lipinski definition) is 6. The number of methoxy groups -OCH3 is 2. The summed E-state index contributed by atoms with van der Waals surface area (Å²) in [6.45, 7) is 1.07. The highest BCUT2D eigenvalue weighted by Crippen LogP contribution is 2.25. The predicted octanol–water partition coefficient (Wildman–Crippen LogP) is 3.29. The van der Waals surface area contributed by atoms with E-state index in [1.54, 1.807) is 38.9 Å². The van der Waals surface area contributed by atoms with Crippen LogP contribution in [-0.4, -0.2) is 32.2 Å². The van der Waals surface area contributed by atoms with Crippen molar-refractivity contribution in [2.24, 2.45) is 4.99 Å². The van der Waals surface area contributed by atoms with Crippen LogP contribution >= 0.6 is 11.3 Å². The number of hydrogen-bond donors (Lipinski definition) is 2. The fourth-order valence-corrected chi connectivity index (χ4v) is 3.13. The van der Waals surface area contributed by atoms with Gasteiger partial charge in [0.25, 0.3) is 0 Å². The maximum Gasteiger partial charge on any atom is 0.236 e. The van der Waals surface area contributed by atoms with Crippen LogP contribution in [0.25, 0.3) is 10.8 Å². The number of nitrogens with zero attached hydrogens (tertiary/aromatic N) is 2. The molecule has 1 aromatic carbocycles. The van der Waals surface area contributed by atoms with Gasteiger partial charge >= 0.3 is 0 Å². The third kappa shape index (κ3) is 4.79. The minimum atomic E-state index is 0.508. The number of rotatable bonds is 7. The van der Waals surface area contributed by atoms with E-state index in [-0.39, 0.29) is 0 Å². The van der Waals surface area contributed by atoms with Gasteiger partial charge in [-0.25, -0.2) is 4.98 Å². The van der Waals surface area contributed by atoms with Gasteiger partial charge in [0.1, 0.15) is 17.8 Å². The molecule has 0 aliphatic carbocycles. The van der Waals surface area contributed by atoms with E-state index in [0.29, 0.717) is 24.9 Å². The Labute approximate surface area is 162 Å². The van der Waals surface area contributed by atoms with Crippen LogP contribution in [-0.2, 0) is 13.1 Å². The molecular formula is C19H22N4O3S. The summed E-state index contributed by atoms with van der Waals surface area (Å²) in [5.41, 5.74) is 1.81. The molecule has 0 atom stereocenters. The van der Waals surface area contributed by atoms with E-state index in [4.69, 9.17) is 13.9 Å². The molecule has 0 aliphatic rings. The molecule has 2 heterocycles. The topological polar surface area (TPSA) is 80.9 Å². The average Bonchev–Trinajstić information content (AvgIpc) is 3.39. The van der Waals surface area contributed by atoms with E-state index in [2.05, 4.69) is 20.6 Å². The third-order valence-corrected chi connectivity index (χ3v) is 4.74. The van der Waals surface area contributed by atoms with E-state index in [1.165, 1.54) is 0 Å². The molecule has 0 fully saturated rings. The Bertz CT molecular complexity index is 890. The first kappa shape index (κ1) is 18.8. The summed E-state index contributed by atoms with van der Waals surface area (Å²) >= 11 is 1.60. The lowest BCUT2D eigenvalue weighted by molar-refractivity contribution is 0.390. The van der Waals surface area contributed by atoms with Crippen LogP contribution in [0.3, 0.4) is 0 Å². The maximum atomic E-state index is 5.53. The quantitative estimate of drug-likeness (QED) is 0.479. The van der Waals surface area contributed by atoms with Crippen LogP contribution in [0, 0.1) is 0 Å². The molecule has 0 saturated carbocycles. The van der Waals surface area contributed by atoms with E-state index in [9.17, 15) is 0 Å². The van der Waals surface area contributed by atoms with Crippen LogP contribution in [0.2, 0.25) is 0 Å². The van der Waals surface area contributed by atoms with E-state index < -0.39 is 0 Å². The molecular weight excluding hydrogens is 364 g/mol. The fraction of sp³-hybridized carbons (Fsp3) is 0.263. The van der Waals surface area contributed by atoms with Crippen LogP contribution in [0.4, 0.5) is 0 Å². The zero-order chi connectivity index (χ0) is 19.1. The SMILES string of the molecule is CN=C(NCc1coc(-c2cccs2)n1)NCc1ccc(OC)cc1OC. The summed E-state index contributed by atoms with van der Waals surface area (Å²) < 4.78 is 16.2. The number of aromatic nitrogens is 1. The highest BCUT2D eigenvalue weighted by molar-refractivity contribution is 7.13. The number of ether oxygens (including phenoxy) is 2. The van der Waals surface area contributed by atoms with Gasteiger partial charge in [0.05, 0.1) is 31.3 Å². The van der Waals surface area contributed by atoms with Gasteiger partial charge in [-0.15, -0.1) is 11.3 Å². The highest BCUT2D eigenvalue weighted by atomic mass is 32.1. The van der Waals surface area contributed by atoms with Crippen molar-refractivity contribution in [3.05, 3.63) is 53.2 Å². The summed E-state index contributed by atoms with van der Waals surface area (Å²) in [4.78, 5) is 9.73. The number of benzene rings is 1. The molecule has 0 bridgehead atoms. The van der Waals surface area contributed by atoms with Crippen molar-refractivity contribution < 1.29 is 13.9 Å². The zero-order valence-electron chi connectivity index (χ0n) is 15.5. The molecule has 2 N–H and O–H groups in total. The number of guanidine groups is 1. The molecule has 7 nitrogen and oxygen atoms in total. The minimum Gasteiger partial charge on any atom is -0.497 e. The number of oxazole rings is 1. The molecule has 0 unspecified atom stereocenters. The van der Waals surface area contributed by atoms with Gasteiger partial charge in [-0.3, -0.25) is 4.99 Å². The number of aliphatic imine (C=N–C) groups is 1. The Kier molecular flexibility index (Phi) is 6.32. The van der Waals surface area contributed by atoms with Crippen LogP contribution in [0.5, 0.6) is 11.5 Å². The second kappa shape index (κ2) is 9.09. The van der Waals surface area contributed by atoms with Crippen LogP contribution in [0.15, 0.2) is 51.4 Å². The molecule has 0 spiro atoms. The molecule has 8 heteroatoms. The molecule has 27 heavy (non-hydrogen) atoms. The molecule has 3 aromatic rings. The molecule has 2 aromatic heterocycles. The van der Waals surface area contributed by atoms with Gasteiger partial charge in [0.2, 0.25) is 5.89 Å². The molecule has 0 amide bonds. The second-order valence-corrected chi connectivity index (χ2v) is 6.53. The van der Waals surface area contributed by atoms with Gasteiger partial charge in [-0.2, -0.15) is 0 Å². The van der Waals surface area contributed by atoms with Crippen molar-refractivity contribution >= 4 is 17.3 Å². The van der Waals surface area contributed by atoms with Crippen LogP contribution in [0.1, 0.15) is 11.3 Å². The number of thiophene rings is 1. The lowest BCUT2D eigenvalue weighted by Gasteiger charge is -2.14. The Morgan fingerprint density at radius 2 is 2.04 bits per heavy atom. The van der Waals surface area contributed by atoms with Gasteiger partial charge in [-0.1, -0.05) is 6.07 Å². The zero-order valence-corrected chi connectivity index (χ0v) is 16.3. The summed E-state index contributed by atoms with van der Waals surface area (Å²) in [6.07, 6.45) is 1.65. The standard InChI is InChI=1S/C19H22N4O3S/c1-20-19(21-10-13-6-7-15(24-2)9-16(13)25-3)22-11-14-12-26-18(23-14)17-5-4-8-27-17/h4-9,12H,10-11H2,1-3H3,(H2,20,21,22). The Morgan fingerprint density at radius 3 is 2.74 bits per heavy atom. The Balaban J connectivity index is 1.56. The predicted molar refractivity (Wildman–Crippen MR) is 106 cm³/mol. The first-order chi connectivity index (χ1) is 13.2. The fourth-order valence-electron chi connectivity index (χ4n) is 2.47. The van der Waals surface area contributed by atoms with E-state index in [0.717, 1.165) is 27.6 Å². The highest BCUT2D eigenvalue weighted by Gasteiger charge is 2.09. The molecule has 142 valence electrons. The average molecular weight is 386 g/mol. The summed E-state index contributed by atoms with van der Waals surface area (Å²) in [6, 6.07) is 9.67. The van der Waals surface area contributed by atoms with Crippen LogP contribution < -0.4 is 20.1 Å². The normalized spacial score (nSPS) is 11.3. The third-order valence-electron chi connectivity index (χ3n) is 3.88. The minimum absolute atomic E-state index is 0.508. The van der Waals surface area contributed by atoms with Crippen molar-refractivity contribution in [1.82, 2.24) is 15.6 Å². The molecule has 0 radical (unpaired) electrons. The van der Waals surface area contributed by atoms with Gasteiger partial charge in [0.15, 0.2) is 5.96 Å². The van der Waals surface area contributed by atoms with Gasteiger partial charge in [0, 0.05) is 25.2 Å². The van der Waals surface area contributed by atoms with Crippen molar-refractivity contribution in [3.8, 4) is 22.3 Å². The maximum absolute atomic E-state index is 5.53. The lowest BCUT2D eigenvalue weighted by Crippen LogP contribution is -2.36. The largest absolute Gasteiger partial charge is 0.497 e. The lowest BCUT2D eigenvalue weighted by atomic mass is 10.2. The number of nitrogens with one attached hydrogen (secondary N) is 2. The monoisotopic (exact) mass is 386 g/mol. The molecule has 0 aliphatic heterocycles. The van der Waals surface area contributed by atoms with Gasteiger partial charge < -0.3 is 24.5 Å². The summed E-state index contributed by atoms with van der Waals surface area (Å²) in [5, 5.41) is 8.49. The van der Waals surface area contributed by atoms with Crippen molar-refractivity contribution in [2.75, 3.05) is 21.3 Å². The van der Waals surface area contributed by atoms with Crippen molar-refractivity contribution in [1.29, 1.82) is 0 Å². The van der Waals surface area contributed by atoms with Crippen molar-refractivity contribution in [3.63, 3.8) is 0 Å².